The molecule has 7 nitrogen and oxygen atoms in total. The summed E-state index contributed by atoms with van der Waals surface area (Å²) in [5.74, 6) is -2.88. The van der Waals surface area contributed by atoms with Crippen LogP contribution in [0, 0.1) is 0 Å². The van der Waals surface area contributed by atoms with Crippen molar-refractivity contribution in [1.29, 1.82) is 0 Å². The van der Waals surface area contributed by atoms with E-state index in [0.717, 1.165) is 24.3 Å². The number of alkyl halides is 3. The fraction of sp³-hybridized carbons (Fsp3) is 0.400. The Morgan fingerprint density at radius 2 is 1.72 bits per heavy atom. The van der Waals surface area contributed by atoms with E-state index in [2.05, 4.69) is 10.6 Å². The van der Waals surface area contributed by atoms with Gasteiger partial charge in [-0.05, 0) is 31.2 Å². The van der Waals surface area contributed by atoms with Crippen molar-refractivity contribution in [3.05, 3.63) is 35.4 Å². The first kappa shape index (κ1) is 20.4. The highest BCUT2D eigenvalue weighted by Gasteiger charge is 2.35. The van der Waals surface area contributed by atoms with E-state index in [1.54, 1.807) is 0 Å². The van der Waals surface area contributed by atoms with Crippen molar-refractivity contribution in [3.63, 3.8) is 0 Å². The number of amides is 2. The van der Waals surface area contributed by atoms with E-state index in [9.17, 15) is 27.6 Å². The quantitative estimate of drug-likeness (QED) is 0.672. The van der Waals surface area contributed by atoms with Gasteiger partial charge in [-0.2, -0.15) is 13.2 Å². The van der Waals surface area contributed by atoms with Crippen LogP contribution in [-0.2, 0) is 20.5 Å². The zero-order valence-electron chi connectivity index (χ0n) is 13.4. The number of rotatable bonds is 7. The number of carboxylic acid groups (broad SMARTS) is 1. The highest BCUT2D eigenvalue weighted by atomic mass is 19.4. The molecule has 1 rings (SSSR count). The zero-order valence-corrected chi connectivity index (χ0v) is 13.4. The molecule has 0 heterocycles. The van der Waals surface area contributed by atoms with Gasteiger partial charge in [0.2, 0.25) is 5.91 Å². The summed E-state index contributed by atoms with van der Waals surface area (Å²) in [5, 5.41) is 13.5. The van der Waals surface area contributed by atoms with Crippen LogP contribution in [0.5, 0.6) is 0 Å². The Kier molecular flexibility index (Phi) is 6.51. The van der Waals surface area contributed by atoms with E-state index in [-0.39, 0.29) is 12.2 Å². The summed E-state index contributed by atoms with van der Waals surface area (Å²) in [7, 11) is 1.26. The third-order valence-electron chi connectivity index (χ3n) is 3.20. The van der Waals surface area contributed by atoms with Gasteiger partial charge in [0.1, 0.15) is 0 Å². The summed E-state index contributed by atoms with van der Waals surface area (Å²) in [4.78, 5) is 34.7. The van der Waals surface area contributed by atoms with Crippen molar-refractivity contribution in [2.45, 2.75) is 18.6 Å². The van der Waals surface area contributed by atoms with Crippen LogP contribution in [0.3, 0.4) is 0 Å². The van der Waals surface area contributed by atoms with Crippen LogP contribution in [0.15, 0.2) is 24.3 Å². The van der Waals surface area contributed by atoms with Gasteiger partial charge in [-0.1, -0.05) is 0 Å². The van der Waals surface area contributed by atoms with E-state index in [1.807, 2.05) is 0 Å². The molecule has 0 radical (unpaired) electrons. The number of carboxylic acids is 1. The average molecular weight is 362 g/mol. The fourth-order valence-electron chi connectivity index (χ4n) is 1.87. The van der Waals surface area contributed by atoms with Crippen LogP contribution >= 0.6 is 0 Å². The molecule has 0 bridgehead atoms. The number of hydrogen-bond acceptors (Lipinski definition) is 4. The van der Waals surface area contributed by atoms with Gasteiger partial charge in [0.15, 0.2) is 5.54 Å². The van der Waals surface area contributed by atoms with Crippen LogP contribution in [0.25, 0.3) is 0 Å². The number of aliphatic carboxylic acids is 1. The van der Waals surface area contributed by atoms with Gasteiger partial charge in [0, 0.05) is 12.7 Å². The number of carbonyl (C=O) groups excluding carboxylic acids is 2. The van der Waals surface area contributed by atoms with Gasteiger partial charge >= 0.3 is 12.1 Å². The molecule has 0 saturated carbocycles. The molecule has 0 aliphatic heterocycles. The molecule has 138 valence electrons. The summed E-state index contributed by atoms with van der Waals surface area (Å²) in [6, 6.07) is 3.44. The lowest BCUT2D eigenvalue weighted by atomic mass is 10.0. The summed E-state index contributed by atoms with van der Waals surface area (Å²) in [6.45, 7) is 0.391. The molecule has 1 aromatic rings. The SMILES string of the molecule is COCC(C)(NC(=O)CNC(=O)c1ccc(C(F)(F)F)cc1)C(=O)O. The molecular formula is C15H17F3N2O5. The second-order valence-electron chi connectivity index (χ2n) is 5.38. The molecule has 0 aromatic heterocycles. The second kappa shape index (κ2) is 7.97. The average Bonchev–Trinajstić information content (AvgIpc) is 2.52. The Bertz CT molecular complexity index is 646. The number of benzene rings is 1. The molecule has 10 heteroatoms. The molecule has 1 aromatic carbocycles. The van der Waals surface area contributed by atoms with E-state index < -0.39 is 41.6 Å². The highest BCUT2D eigenvalue weighted by molar-refractivity contribution is 5.97. The first-order valence-corrected chi connectivity index (χ1v) is 6.98. The van der Waals surface area contributed by atoms with Crippen molar-refractivity contribution in [2.75, 3.05) is 20.3 Å². The molecule has 0 aliphatic carbocycles. The van der Waals surface area contributed by atoms with Crippen molar-refractivity contribution >= 4 is 17.8 Å². The lowest BCUT2D eigenvalue weighted by Crippen LogP contribution is -2.57. The topological polar surface area (TPSA) is 105 Å². The van der Waals surface area contributed by atoms with Crippen molar-refractivity contribution < 1.29 is 37.4 Å². The lowest BCUT2D eigenvalue weighted by molar-refractivity contribution is -0.149. The molecule has 25 heavy (non-hydrogen) atoms. The van der Waals surface area contributed by atoms with Crippen molar-refractivity contribution in [3.8, 4) is 0 Å². The number of methoxy groups -OCH3 is 1. The molecule has 0 aliphatic rings. The largest absolute Gasteiger partial charge is 0.479 e. The number of hydrogen-bond donors (Lipinski definition) is 3. The van der Waals surface area contributed by atoms with Crippen LogP contribution in [0.1, 0.15) is 22.8 Å². The summed E-state index contributed by atoms with van der Waals surface area (Å²) >= 11 is 0. The number of halogens is 3. The minimum atomic E-state index is -4.52. The second-order valence-corrected chi connectivity index (χ2v) is 5.38. The standard InChI is InChI=1S/C15H17F3N2O5/c1-14(8-25-2,13(23)24)20-11(21)7-19-12(22)9-3-5-10(6-4-9)15(16,17)18/h3-6H,7-8H2,1-2H3,(H,19,22)(H,20,21)(H,23,24). The Morgan fingerprint density at radius 1 is 1.16 bits per heavy atom. The maximum absolute atomic E-state index is 12.4. The van der Waals surface area contributed by atoms with Gasteiger partial charge in [0.05, 0.1) is 18.7 Å². The van der Waals surface area contributed by atoms with Gasteiger partial charge < -0.3 is 20.5 Å². The van der Waals surface area contributed by atoms with Gasteiger partial charge in [-0.3, -0.25) is 9.59 Å². The minimum Gasteiger partial charge on any atom is -0.479 e. The van der Waals surface area contributed by atoms with Gasteiger partial charge in [-0.15, -0.1) is 0 Å². The molecule has 1 unspecified atom stereocenters. The maximum atomic E-state index is 12.4. The summed E-state index contributed by atoms with van der Waals surface area (Å²) in [5.41, 5.74) is -2.65. The van der Waals surface area contributed by atoms with Crippen molar-refractivity contribution in [2.24, 2.45) is 0 Å². The van der Waals surface area contributed by atoms with E-state index in [1.165, 1.54) is 14.0 Å². The van der Waals surface area contributed by atoms with Gasteiger partial charge in [-0.25, -0.2) is 4.79 Å². The maximum Gasteiger partial charge on any atom is 0.416 e. The number of nitrogens with one attached hydrogen (secondary N) is 2. The van der Waals surface area contributed by atoms with Crippen LogP contribution in [0.2, 0.25) is 0 Å². The first-order valence-electron chi connectivity index (χ1n) is 6.98. The molecule has 0 fully saturated rings. The van der Waals surface area contributed by atoms with E-state index in [0.29, 0.717) is 0 Å². The van der Waals surface area contributed by atoms with Crippen LogP contribution < -0.4 is 10.6 Å². The minimum absolute atomic E-state index is 0.0707. The molecule has 0 saturated heterocycles. The Balaban J connectivity index is 2.64. The van der Waals surface area contributed by atoms with E-state index >= 15 is 0 Å². The van der Waals surface area contributed by atoms with Crippen LogP contribution in [0.4, 0.5) is 13.2 Å². The van der Waals surface area contributed by atoms with Crippen molar-refractivity contribution in [1.82, 2.24) is 10.6 Å². The molecule has 3 N–H and O–H groups in total. The first-order chi connectivity index (χ1) is 11.5. The normalized spacial score (nSPS) is 13.6. The Hall–Kier alpha value is -2.62. The third kappa shape index (κ3) is 5.75. The Morgan fingerprint density at radius 3 is 2.16 bits per heavy atom. The number of ether oxygens (including phenoxy) is 1. The molecular weight excluding hydrogens is 345 g/mol. The van der Waals surface area contributed by atoms with E-state index in [4.69, 9.17) is 9.84 Å². The summed E-state index contributed by atoms with van der Waals surface area (Å²) < 4.78 is 42.1. The zero-order chi connectivity index (χ0) is 19.3. The lowest BCUT2D eigenvalue weighted by Gasteiger charge is -2.25. The summed E-state index contributed by atoms with van der Waals surface area (Å²) in [6.07, 6.45) is -4.52. The van der Waals surface area contributed by atoms with Crippen LogP contribution in [-0.4, -0.2) is 48.7 Å². The fourth-order valence-corrected chi connectivity index (χ4v) is 1.87. The predicted molar refractivity (Wildman–Crippen MR) is 79.8 cm³/mol. The smallest absolute Gasteiger partial charge is 0.416 e. The monoisotopic (exact) mass is 362 g/mol. The molecule has 0 spiro atoms. The third-order valence-corrected chi connectivity index (χ3v) is 3.20. The highest BCUT2D eigenvalue weighted by Crippen LogP contribution is 2.29. The number of carbonyl (C=O) groups is 3. The molecule has 1 atom stereocenters. The van der Waals surface area contributed by atoms with Gasteiger partial charge in [0.25, 0.3) is 5.91 Å². The predicted octanol–water partition coefficient (Wildman–Crippen LogP) is 1.04. The Labute approximate surface area is 141 Å². The molecule has 2 amide bonds.